The molecule has 1 aromatic carbocycles. The quantitative estimate of drug-likeness (QED) is 0.815. The lowest BCUT2D eigenvalue weighted by Crippen LogP contribution is -2.36. The maximum Gasteiger partial charge on any atom is 0.271 e. The van der Waals surface area contributed by atoms with Gasteiger partial charge in [0.2, 0.25) is 0 Å². The van der Waals surface area contributed by atoms with Gasteiger partial charge in [-0.15, -0.1) is 0 Å². The van der Waals surface area contributed by atoms with Crippen molar-refractivity contribution in [3.05, 3.63) is 47.9 Å². The van der Waals surface area contributed by atoms with Crippen molar-refractivity contribution < 1.29 is 9.59 Å². The maximum atomic E-state index is 12.2. The van der Waals surface area contributed by atoms with E-state index in [2.05, 4.69) is 20.6 Å². The van der Waals surface area contributed by atoms with E-state index in [9.17, 15) is 9.59 Å². The second kappa shape index (κ2) is 7.88. The summed E-state index contributed by atoms with van der Waals surface area (Å²) >= 11 is 0. The number of nitrogens with zero attached hydrogens (tertiary/aromatic N) is 2. The molecule has 1 saturated carbocycles. The Morgan fingerprint density at radius 2 is 1.72 bits per heavy atom. The fraction of sp³-hybridized carbons (Fsp3) is 0.368. The SMILES string of the molecule is CC(=O)c1ccc(Nc2cnc(C(=O)NC3CCCCC3)cn2)cc1. The highest BCUT2D eigenvalue weighted by Crippen LogP contribution is 2.18. The number of hydrogen-bond donors (Lipinski definition) is 2. The van der Waals surface area contributed by atoms with Crippen molar-refractivity contribution in [3.8, 4) is 0 Å². The van der Waals surface area contributed by atoms with E-state index in [1.165, 1.54) is 38.6 Å². The smallest absolute Gasteiger partial charge is 0.271 e. The average Bonchev–Trinajstić information content (AvgIpc) is 2.63. The topological polar surface area (TPSA) is 84.0 Å². The van der Waals surface area contributed by atoms with E-state index in [-0.39, 0.29) is 17.7 Å². The molecule has 0 atom stereocenters. The van der Waals surface area contributed by atoms with Crippen LogP contribution in [0.1, 0.15) is 59.9 Å². The fourth-order valence-electron chi connectivity index (χ4n) is 2.95. The molecule has 0 unspecified atom stereocenters. The first kappa shape index (κ1) is 17.1. The fourth-order valence-corrected chi connectivity index (χ4v) is 2.95. The average molecular weight is 338 g/mol. The van der Waals surface area contributed by atoms with Gasteiger partial charge in [0.25, 0.3) is 5.91 Å². The summed E-state index contributed by atoms with van der Waals surface area (Å²) in [5, 5.41) is 6.13. The lowest BCUT2D eigenvalue weighted by molar-refractivity contribution is 0.0921. The third kappa shape index (κ3) is 4.62. The number of hydrogen-bond acceptors (Lipinski definition) is 5. The molecule has 130 valence electrons. The van der Waals surface area contributed by atoms with Crippen molar-refractivity contribution in [2.45, 2.75) is 45.1 Å². The Morgan fingerprint density at radius 1 is 1.00 bits per heavy atom. The zero-order valence-electron chi connectivity index (χ0n) is 14.3. The first-order valence-corrected chi connectivity index (χ1v) is 8.63. The first-order chi connectivity index (χ1) is 12.1. The van der Waals surface area contributed by atoms with Crippen LogP contribution in [-0.4, -0.2) is 27.7 Å². The van der Waals surface area contributed by atoms with Gasteiger partial charge in [-0.1, -0.05) is 19.3 Å². The van der Waals surface area contributed by atoms with E-state index in [0.29, 0.717) is 17.1 Å². The third-order valence-electron chi connectivity index (χ3n) is 4.39. The Labute approximate surface area is 147 Å². The van der Waals surface area contributed by atoms with E-state index < -0.39 is 0 Å². The number of nitrogens with one attached hydrogen (secondary N) is 2. The largest absolute Gasteiger partial charge is 0.348 e. The van der Waals surface area contributed by atoms with E-state index in [0.717, 1.165) is 18.5 Å². The monoisotopic (exact) mass is 338 g/mol. The summed E-state index contributed by atoms with van der Waals surface area (Å²) < 4.78 is 0. The van der Waals surface area contributed by atoms with Crippen molar-refractivity contribution in [3.63, 3.8) is 0 Å². The summed E-state index contributed by atoms with van der Waals surface area (Å²) in [5.74, 6) is 0.404. The number of anilines is 2. The Kier molecular flexibility index (Phi) is 5.38. The molecule has 2 aromatic rings. The van der Waals surface area contributed by atoms with Crippen LogP contribution in [0.4, 0.5) is 11.5 Å². The minimum absolute atomic E-state index is 0.0275. The van der Waals surface area contributed by atoms with Crippen LogP contribution in [0.15, 0.2) is 36.7 Å². The summed E-state index contributed by atoms with van der Waals surface area (Å²) in [5.41, 5.74) is 1.79. The molecule has 1 heterocycles. The molecule has 0 saturated heterocycles. The van der Waals surface area contributed by atoms with Crippen LogP contribution >= 0.6 is 0 Å². The zero-order valence-corrected chi connectivity index (χ0v) is 14.3. The zero-order chi connectivity index (χ0) is 17.6. The van der Waals surface area contributed by atoms with Crippen molar-refractivity contribution in [1.82, 2.24) is 15.3 Å². The van der Waals surface area contributed by atoms with Gasteiger partial charge >= 0.3 is 0 Å². The van der Waals surface area contributed by atoms with Crippen molar-refractivity contribution >= 4 is 23.2 Å². The van der Waals surface area contributed by atoms with Crippen molar-refractivity contribution in [2.75, 3.05) is 5.32 Å². The molecule has 0 radical (unpaired) electrons. The van der Waals surface area contributed by atoms with Gasteiger partial charge in [-0.3, -0.25) is 9.59 Å². The molecule has 0 aliphatic heterocycles. The summed E-state index contributed by atoms with van der Waals surface area (Å²) in [6, 6.07) is 7.37. The summed E-state index contributed by atoms with van der Waals surface area (Å²) in [6.45, 7) is 1.53. The second-order valence-corrected chi connectivity index (χ2v) is 6.35. The van der Waals surface area contributed by atoms with Crippen molar-refractivity contribution in [2.24, 2.45) is 0 Å². The predicted molar refractivity (Wildman–Crippen MR) is 96.1 cm³/mol. The number of carbonyl (C=O) groups is 2. The van der Waals surface area contributed by atoms with Crippen LogP contribution in [-0.2, 0) is 0 Å². The van der Waals surface area contributed by atoms with Crippen molar-refractivity contribution in [1.29, 1.82) is 0 Å². The Balaban J connectivity index is 1.59. The molecule has 6 nitrogen and oxygen atoms in total. The van der Waals surface area contributed by atoms with E-state index >= 15 is 0 Å². The normalized spacial score (nSPS) is 14.8. The standard InChI is InChI=1S/C19H22N4O2/c1-13(24)14-7-9-16(10-8-14)22-18-12-20-17(11-21-18)19(25)23-15-5-3-2-4-6-15/h7-12,15H,2-6H2,1H3,(H,21,22)(H,23,25). The molecule has 0 bridgehead atoms. The summed E-state index contributed by atoms with van der Waals surface area (Å²) in [6.07, 6.45) is 8.67. The second-order valence-electron chi connectivity index (χ2n) is 6.35. The van der Waals surface area contributed by atoms with Crippen LogP contribution in [0.3, 0.4) is 0 Å². The van der Waals surface area contributed by atoms with Gasteiger partial charge in [-0.2, -0.15) is 0 Å². The lowest BCUT2D eigenvalue weighted by atomic mass is 9.95. The third-order valence-corrected chi connectivity index (χ3v) is 4.39. The van der Waals surface area contributed by atoms with Gasteiger partial charge in [0.15, 0.2) is 5.78 Å². The molecule has 1 fully saturated rings. The Hall–Kier alpha value is -2.76. The molecule has 1 aliphatic carbocycles. The summed E-state index contributed by atoms with van der Waals surface area (Å²) in [4.78, 5) is 31.9. The highest BCUT2D eigenvalue weighted by Gasteiger charge is 2.17. The number of Topliss-reactive ketones (excluding diaryl/α,β-unsaturated/α-hetero) is 1. The minimum Gasteiger partial charge on any atom is -0.348 e. The first-order valence-electron chi connectivity index (χ1n) is 8.63. The molecule has 0 spiro atoms. The number of aromatic nitrogens is 2. The Bertz CT molecular complexity index is 735. The van der Waals surface area contributed by atoms with E-state index in [1.807, 2.05) is 12.1 Å². The van der Waals surface area contributed by atoms with Gasteiger partial charge in [-0.25, -0.2) is 9.97 Å². The molecule has 25 heavy (non-hydrogen) atoms. The highest BCUT2D eigenvalue weighted by molar-refractivity contribution is 5.94. The molecule has 1 aromatic heterocycles. The number of carbonyl (C=O) groups excluding carboxylic acids is 2. The van der Waals surface area contributed by atoms with Gasteiger partial charge in [0.1, 0.15) is 11.5 Å². The highest BCUT2D eigenvalue weighted by atomic mass is 16.2. The van der Waals surface area contributed by atoms with Crippen LogP contribution in [0.2, 0.25) is 0 Å². The number of ketones is 1. The maximum absolute atomic E-state index is 12.2. The van der Waals surface area contributed by atoms with Crippen LogP contribution in [0.5, 0.6) is 0 Å². The predicted octanol–water partition coefficient (Wildman–Crippen LogP) is 3.49. The molecule has 6 heteroatoms. The number of amides is 1. The van der Waals surface area contributed by atoms with Crippen LogP contribution in [0, 0.1) is 0 Å². The molecule has 1 amide bonds. The summed E-state index contributed by atoms with van der Waals surface area (Å²) in [7, 11) is 0. The van der Waals surface area contributed by atoms with E-state index in [1.54, 1.807) is 12.1 Å². The molecule has 2 N–H and O–H groups in total. The van der Waals surface area contributed by atoms with Gasteiger partial charge < -0.3 is 10.6 Å². The van der Waals surface area contributed by atoms with E-state index in [4.69, 9.17) is 0 Å². The molecular weight excluding hydrogens is 316 g/mol. The molecule has 3 rings (SSSR count). The number of benzene rings is 1. The Morgan fingerprint density at radius 3 is 2.32 bits per heavy atom. The lowest BCUT2D eigenvalue weighted by Gasteiger charge is -2.22. The van der Waals surface area contributed by atoms with Gasteiger partial charge in [-0.05, 0) is 44.0 Å². The van der Waals surface area contributed by atoms with Gasteiger partial charge in [0.05, 0.1) is 12.4 Å². The minimum atomic E-state index is -0.170. The number of rotatable bonds is 5. The van der Waals surface area contributed by atoms with Gasteiger partial charge in [0, 0.05) is 17.3 Å². The van der Waals surface area contributed by atoms with Crippen LogP contribution in [0.25, 0.3) is 0 Å². The van der Waals surface area contributed by atoms with Crippen LogP contribution < -0.4 is 10.6 Å². The molecular formula is C19H22N4O2. The molecule has 1 aliphatic rings.